The normalized spacial score (nSPS) is 26.5. The summed E-state index contributed by atoms with van der Waals surface area (Å²) in [6.07, 6.45) is -4.51. The summed E-state index contributed by atoms with van der Waals surface area (Å²) in [6, 6.07) is 12.1. The van der Waals surface area contributed by atoms with Gasteiger partial charge in [0.1, 0.15) is 22.8 Å². The van der Waals surface area contributed by atoms with Gasteiger partial charge in [-0.05, 0) is 32.0 Å². The minimum Gasteiger partial charge on any atom is -1.00 e. The lowest BCUT2D eigenvalue weighted by Gasteiger charge is -2.42. The first-order valence-electron chi connectivity index (χ1n) is 15.1. The maximum Gasteiger partial charge on any atom is 1.00 e. The van der Waals surface area contributed by atoms with Crippen LogP contribution in [0.15, 0.2) is 53.6 Å². The molecule has 13 nitrogen and oxygen atoms in total. The van der Waals surface area contributed by atoms with Crippen LogP contribution >= 0.6 is 0 Å². The molecular formula is C34H36ClN3O10. The first kappa shape index (κ1) is 35.0. The third kappa shape index (κ3) is 5.82. The zero-order valence-electron chi connectivity index (χ0n) is 27.3. The van der Waals surface area contributed by atoms with Gasteiger partial charge in [0, 0.05) is 47.6 Å². The predicted molar refractivity (Wildman–Crippen MR) is 168 cm³/mol. The van der Waals surface area contributed by atoms with Gasteiger partial charge in [0.15, 0.2) is 12.1 Å². The highest BCUT2D eigenvalue weighted by Crippen LogP contribution is 2.52. The van der Waals surface area contributed by atoms with E-state index in [1.165, 1.54) is 32.2 Å². The lowest BCUT2D eigenvalue weighted by atomic mass is 9.71. The van der Waals surface area contributed by atoms with Crippen LogP contribution in [0.1, 0.15) is 87.5 Å². The molecule has 3 aromatic rings. The minimum absolute atomic E-state index is 0. The summed E-state index contributed by atoms with van der Waals surface area (Å²) in [5.74, 6) is -3.08. The smallest absolute Gasteiger partial charge is 1.00 e. The van der Waals surface area contributed by atoms with E-state index in [0.717, 1.165) is 0 Å². The molecule has 3 aliphatic rings. The molecular weight excluding hydrogens is 646 g/mol. The number of phenolic OH excluding ortho intramolecular Hbond substituents is 2. The summed E-state index contributed by atoms with van der Waals surface area (Å²) in [5, 5.41) is 50.0. The Morgan fingerprint density at radius 1 is 1.06 bits per heavy atom. The molecule has 2 aliphatic carbocycles. The van der Waals surface area contributed by atoms with Gasteiger partial charge in [0.2, 0.25) is 5.78 Å². The average Bonchev–Trinajstić information content (AvgIpc) is 3.06. The number of nitrogens with two attached hydrogens (primary N) is 1. The number of ketones is 2. The number of aromatic hydroxyl groups is 2. The molecule has 0 bridgehead atoms. The Hall–Kier alpha value is -4.37. The van der Waals surface area contributed by atoms with Gasteiger partial charge in [-0.25, -0.2) is 5.43 Å². The molecule has 0 aromatic heterocycles. The minimum atomic E-state index is -1.88. The van der Waals surface area contributed by atoms with Crippen LogP contribution in [-0.2, 0) is 15.9 Å². The zero-order chi connectivity index (χ0) is 33.8. The number of carbonyl (C=O) groups is 3. The van der Waals surface area contributed by atoms with E-state index in [4.69, 9.17) is 19.9 Å². The number of rotatable bonds is 6. The second kappa shape index (κ2) is 13.3. The van der Waals surface area contributed by atoms with E-state index in [-0.39, 0.29) is 66.8 Å². The maximum atomic E-state index is 13.9. The molecule has 6 atom stereocenters. The highest BCUT2D eigenvalue weighted by Gasteiger charge is 2.49. The molecule has 1 amide bonds. The molecule has 48 heavy (non-hydrogen) atoms. The summed E-state index contributed by atoms with van der Waals surface area (Å²) < 4.78 is 17.5. The van der Waals surface area contributed by atoms with Gasteiger partial charge < -0.3 is 52.8 Å². The number of aliphatic hydroxyl groups excluding tert-OH is 1. The Balaban J connectivity index is 0.00000270. The molecule has 0 saturated carbocycles. The first-order chi connectivity index (χ1) is 22.4. The van der Waals surface area contributed by atoms with Gasteiger partial charge in [-0.1, -0.05) is 30.3 Å². The number of halogens is 1. The first-order valence-corrected chi connectivity index (χ1v) is 15.1. The molecule has 3 aromatic carbocycles. The fourth-order valence-electron chi connectivity index (χ4n) is 6.56. The highest BCUT2D eigenvalue weighted by molar-refractivity contribution is 6.31. The van der Waals surface area contributed by atoms with E-state index >= 15 is 0 Å². The predicted octanol–water partition coefficient (Wildman–Crippen LogP) is -0.638. The zero-order valence-corrected chi connectivity index (χ0v) is 27.0. The lowest BCUT2D eigenvalue weighted by Crippen LogP contribution is -3.00. The number of carbonyl (C=O) groups excluding carboxylic acids is 3. The van der Waals surface area contributed by atoms with Crippen LogP contribution in [-0.4, -0.2) is 80.9 Å². The van der Waals surface area contributed by atoms with E-state index in [1.54, 1.807) is 37.3 Å². The van der Waals surface area contributed by atoms with Gasteiger partial charge in [0.25, 0.3) is 5.91 Å². The molecule has 0 spiro atoms. The van der Waals surface area contributed by atoms with Crippen molar-refractivity contribution in [2.75, 3.05) is 7.11 Å². The number of fused-ring (bicyclic) bond motifs is 3. The van der Waals surface area contributed by atoms with Crippen molar-refractivity contribution in [3.8, 4) is 17.2 Å². The fourth-order valence-corrected chi connectivity index (χ4v) is 6.56. The van der Waals surface area contributed by atoms with Crippen molar-refractivity contribution in [2.24, 2.45) is 10.8 Å². The Labute approximate surface area is 283 Å². The standard InChI is InChI=1S/C34H35N3O10.ClH/c1-15-28(38)20(35)12-23(46-15)47-22-14-34(44,16(2)36-37-33(43)17-8-5-4-6-9-17)13-19-25(22)32(42)27-26(30(19)40)29(39)18-10-7-11-21(45-3)24(18)31(27)41;/h4-11,15,20,22-23,28,38,40,42,44H,12-14,35H2,1-3H3,(H,37,43);1H/b36-16+;/t15?,20?,22-,23?,28?,34-;/m0./s1. The number of hydrogen-bond donors (Lipinski definition) is 6. The lowest BCUT2D eigenvalue weighted by molar-refractivity contribution is -0.245. The van der Waals surface area contributed by atoms with Crippen molar-refractivity contribution >= 4 is 23.2 Å². The van der Waals surface area contributed by atoms with E-state index in [9.17, 15) is 34.8 Å². The highest BCUT2D eigenvalue weighted by atomic mass is 35.5. The number of hydrogen-bond acceptors (Lipinski definition) is 12. The third-order valence-electron chi connectivity index (χ3n) is 9.18. The molecule has 1 fully saturated rings. The number of hydrazone groups is 1. The van der Waals surface area contributed by atoms with E-state index in [2.05, 4.69) is 10.5 Å². The largest absolute Gasteiger partial charge is 1.00 e. The molecule has 0 radical (unpaired) electrons. The van der Waals surface area contributed by atoms with Crippen LogP contribution in [0, 0.1) is 0 Å². The van der Waals surface area contributed by atoms with Crippen LogP contribution in [0.3, 0.4) is 0 Å². The third-order valence-corrected chi connectivity index (χ3v) is 9.18. The molecule has 254 valence electrons. The Kier molecular flexibility index (Phi) is 9.66. The second-order valence-electron chi connectivity index (χ2n) is 12.1. The van der Waals surface area contributed by atoms with Gasteiger partial charge in [-0.3, -0.25) is 14.4 Å². The number of benzene rings is 3. The summed E-state index contributed by atoms with van der Waals surface area (Å²) in [4.78, 5) is 40.4. The topological polar surface area (TPSA) is 210 Å². The van der Waals surface area contributed by atoms with Gasteiger partial charge in [-0.15, -0.1) is 0 Å². The van der Waals surface area contributed by atoms with Crippen LogP contribution in [0.4, 0.5) is 0 Å². The Bertz CT molecular complexity index is 1810. The fraction of sp³-hybridized carbons (Fsp3) is 0.353. The number of aliphatic hydroxyl groups is 2. The van der Waals surface area contributed by atoms with Crippen LogP contribution < -0.4 is 28.3 Å². The average molecular weight is 682 g/mol. The second-order valence-corrected chi connectivity index (χ2v) is 12.1. The Morgan fingerprint density at radius 3 is 2.42 bits per heavy atom. The molecule has 6 rings (SSSR count). The van der Waals surface area contributed by atoms with Gasteiger partial charge in [0.05, 0.1) is 47.8 Å². The van der Waals surface area contributed by atoms with Gasteiger partial charge in [-0.2, -0.15) is 5.10 Å². The van der Waals surface area contributed by atoms with Crippen molar-refractivity contribution in [3.05, 3.63) is 87.5 Å². The molecule has 7 N–H and O–H groups in total. The van der Waals surface area contributed by atoms with Crippen molar-refractivity contribution < 1.29 is 62.9 Å². The van der Waals surface area contributed by atoms with Crippen LogP contribution in [0.5, 0.6) is 17.2 Å². The Morgan fingerprint density at radius 2 is 1.75 bits per heavy atom. The summed E-state index contributed by atoms with van der Waals surface area (Å²) in [6.45, 7) is 3.09. The molecule has 14 heteroatoms. The van der Waals surface area contributed by atoms with Crippen molar-refractivity contribution in [2.45, 2.75) is 69.4 Å². The number of nitrogens with one attached hydrogen (secondary N) is 1. The van der Waals surface area contributed by atoms with Crippen molar-refractivity contribution in [1.29, 1.82) is 0 Å². The number of methoxy groups -OCH3 is 1. The summed E-state index contributed by atoms with van der Waals surface area (Å²) in [5.41, 5.74) is 6.04. The maximum absolute atomic E-state index is 13.9. The van der Waals surface area contributed by atoms with Crippen molar-refractivity contribution in [1.82, 2.24) is 5.43 Å². The molecule has 1 saturated heterocycles. The number of amides is 1. The van der Waals surface area contributed by atoms with E-state index in [1.807, 2.05) is 0 Å². The van der Waals surface area contributed by atoms with Gasteiger partial charge >= 0.3 is 1.43 Å². The van der Waals surface area contributed by atoms with E-state index < -0.39 is 76.3 Å². The molecule has 1 heterocycles. The molecule has 1 aliphatic heterocycles. The SMILES string of the molecule is COc1cccc2c1C(=O)c1c(O)c3c(c(O)c1C2=O)C[C@@](O)(/C(C)=N/NC(=O)c1ccccc1)C[C@@H]3OC1CC(N)C(O)C(C)O1.[Cl-].[H+]. The molecule has 4 unspecified atom stereocenters. The quantitative estimate of drug-likeness (QED) is 0.0857. The number of nitrogens with zero attached hydrogens (tertiary/aromatic N) is 1. The van der Waals surface area contributed by atoms with Crippen LogP contribution in [0.2, 0.25) is 0 Å². The van der Waals surface area contributed by atoms with E-state index in [0.29, 0.717) is 5.56 Å². The number of phenols is 2. The number of ether oxygens (including phenoxy) is 3. The summed E-state index contributed by atoms with van der Waals surface area (Å²) in [7, 11) is 1.34. The monoisotopic (exact) mass is 681 g/mol. The van der Waals surface area contributed by atoms with Crippen LogP contribution in [0.25, 0.3) is 0 Å². The summed E-state index contributed by atoms with van der Waals surface area (Å²) >= 11 is 0. The van der Waals surface area contributed by atoms with Crippen molar-refractivity contribution in [3.63, 3.8) is 0 Å².